The molecule has 0 rings (SSSR count). The van der Waals surface area contributed by atoms with Gasteiger partial charge in [0.2, 0.25) is 10.4 Å². The molecule has 4 nitrogen and oxygen atoms in total. The normalized spacial score (nSPS) is 13.0. The molecular formula is C20H39KO4S. The number of unbranched alkanes of at least 4 members (excludes halogenated alkanes) is 11. The van der Waals surface area contributed by atoms with E-state index in [2.05, 4.69) is 24.1 Å². The Morgan fingerprint density at radius 2 is 1.35 bits per heavy atom. The summed E-state index contributed by atoms with van der Waals surface area (Å²) in [4.78, 5) is 0. The van der Waals surface area contributed by atoms with Gasteiger partial charge in [-0.15, -0.1) is 0 Å². The summed E-state index contributed by atoms with van der Waals surface area (Å²) in [6.45, 7) is 4.38. The van der Waals surface area contributed by atoms with Gasteiger partial charge >= 0.3 is 51.4 Å². The smallest absolute Gasteiger partial charge is 0.726 e. The standard InChI is InChI=1S/C20H40O4S.K/c1-3-5-7-9-10-11-12-13-14-16-18-20(17-15-8-6-4-2)19-24-25(21,22)23;/h16,18,20H,3-15,17,19H2,1-2H3,(H,21,22,23);/q;+1/p-1/b18-16+;. The van der Waals surface area contributed by atoms with Crippen LogP contribution in [0, 0.1) is 5.92 Å². The molecule has 0 spiro atoms. The zero-order valence-corrected chi connectivity index (χ0v) is 21.3. The van der Waals surface area contributed by atoms with Crippen LogP contribution in [0.5, 0.6) is 0 Å². The SMILES string of the molecule is CCCCCCCCCC/C=C/C(CCCCCC)COS(=O)(=O)[O-].[K+]. The van der Waals surface area contributed by atoms with Crippen molar-refractivity contribution in [1.29, 1.82) is 0 Å². The Balaban J connectivity index is 0. The van der Waals surface area contributed by atoms with Gasteiger partial charge in [0.1, 0.15) is 0 Å². The molecule has 0 aromatic rings. The molecule has 0 saturated carbocycles. The second-order valence-corrected chi connectivity index (χ2v) is 8.05. The minimum absolute atomic E-state index is 0. The van der Waals surface area contributed by atoms with E-state index in [-0.39, 0.29) is 63.9 Å². The van der Waals surface area contributed by atoms with Crippen LogP contribution in [-0.2, 0) is 14.6 Å². The second-order valence-electron chi connectivity index (χ2n) is 6.99. The van der Waals surface area contributed by atoms with Crippen molar-refractivity contribution in [2.24, 2.45) is 5.92 Å². The molecule has 0 aliphatic heterocycles. The second kappa shape index (κ2) is 21.0. The minimum Gasteiger partial charge on any atom is -0.726 e. The van der Waals surface area contributed by atoms with E-state index in [1.165, 1.54) is 64.2 Å². The van der Waals surface area contributed by atoms with E-state index in [0.717, 1.165) is 25.7 Å². The van der Waals surface area contributed by atoms with E-state index in [4.69, 9.17) is 0 Å². The van der Waals surface area contributed by atoms with E-state index < -0.39 is 10.4 Å². The quantitative estimate of drug-likeness (QED) is 0.114. The van der Waals surface area contributed by atoms with Crippen LogP contribution in [0.4, 0.5) is 0 Å². The minimum atomic E-state index is -4.59. The van der Waals surface area contributed by atoms with Crippen LogP contribution < -0.4 is 51.4 Å². The Labute approximate surface area is 205 Å². The van der Waals surface area contributed by atoms with Crippen molar-refractivity contribution in [3.8, 4) is 0 Å². The third-order valence-electron chi connectivity index (χ3n) is 4.49. The Morgan fingerprint density at radius 3 is 1.88 bits per heavy atom. The van der Waals surface area contributed by atoms with Gasteiger partial charge < -0.3 is 4.55 Å². The maximum absolute atomic E-state index is 10.7. The van der Waals surface area contributed by atoms with Crippen molar-refractivity contribution in [2.45, 2.75) is 104 Å². The molecule has 26 heavy (non-hydrogen) atoms. The van der Waals surface area contributed by atoms with Crippen LogP contribution in [0.3, 0.4) is 0 Å². The first-order chi connectivity index (χ1) is 12.0. The van der Waals surface area contributed by atoms with Crippen molar-refractivity contribution in [3.05, 3.63) is 12.2 Å². The zero-order valence-electron chi connectivity index (χ0n) is 17.4. The van der Waals surface area contributed by atoms with Gasteiger partial charge in [0.15, 0.2) is 0 Å². The molecule has 0 amide bonds. The molecule has 150 valence electrons. The average molecular weight is 415 g/mol. The van der Waals surface area contributed by atoms with Crippen LogP contribution in [0.15, 0.2) is 12.2 Å². The molecule has 0 heterocycles. The first kappa shape index (κ1) is 29.4. The van der Waals surface area contributed by atoms with E-state index in [1.807, 2.05) is 6.08 Å². The average Bonchev–Trinajstić information content (AvgIpc) is 2.56. The van der Waals surface area contributed by atoms with Gasteiger partial charge in [-0.05, 0) is 19.3 Å². The molecule has 0 saturated heterocycles. The Bertz CT molecular complexity index is 410. The van der Waals surface area contributed by atoms with E-state index in [0.29, 0.717) is 0 Å². The van der Waals surface area contributed by atoms with Gasteiger partial charge in [-0.3, -0.25) is 4.18 Å². The molecule has 0 radical (unpaired) electrons. The molecule has 0 N–H and O–H groups in total. The summed E-state index contributed by atoms with van der Waals surface area (Å²) >= 11 is 0. The molecule has 1 unspecified atom stereocenters. The van der Waals surface area contributed by atoms with Crippen LogP contribution in [0.25, 0.3) is 0 Å². The molecule has 0 fully saturated rings. The summed E-state index contributed by atoms with van der Waals surface area (Å²) in [6, 6.07) is 0. The van der Waals surface area contributed by atoms with E-state index in [1.54, 1.807) is 0 Å². The van der Waals surface area contributed by atoms with Gasteiger partial charge in [-0.1, -0.05) is 96.6 Å². The number of rotatable bonds is 18. The predicted molar refractivity (Wildman–Crippen MR) is 104 cm³/mol. The largest absolute Gasteiger partial charge is 1.00 e. The summed E-state index contributed by atoms with van der Waals surface area (Å²) in [5, 5.41) is 0. The Morgan fingerprint density at radius 1 is 0.846 bits per heavy atom. The van der Waals surface area contributed by atoms with Gasteiger partial charge in [-0.2, -0.15) is 0 Å². The summed E-state index contributed by atoms with van der Waals surface area (Å²) in [5.74, 6) is 0.0228. The third kappa shape index (κ3) is 23.3. The summed E-state index contributed by atoms with van der Waals surface area (Å²) in [7, 11) is -4.59. The summed E-state index contributed by atoms with van der Waals surface area (Å²) in [5.41, 5.74) is 0. The van der Waals surface area contributed by atoms with Crippen molar-refractivity contribution < 1.29 is 68.5 Å². The fraction of sp³-hybridized carbons (Fsp3) is 0.900. The van der Waals surface area contributed by atoms with Gasteiger partial charge in [0, 0.05) is 5.92 Å². The maximum atomic E-state index is 10.7. The van der Waals surface area contributed by atoms with Gasteiger partial charge in [0.05, 0.1) is 6.61 Å². The van der Waals surface area contributed by atoms with Crippen molar-refractivity contribution in [2.75, 3.05) is 6.61 Å². The third-order valence-corrected chi connectivity index (χ3v) is 4.91. The van der Waals surface area contributed by atoms with E-state index in [9.17, 15) is 13.0 Å². The molecule has 0 aliphatic rings. The van der Waals surface area contributed by atoms with Crippen molar-refractivity contribution >= 4 is 10.4 Å². The zero-order chi connectivity index (χ0) is 18.8. The van der Waals surface area contributed by atoms with Crippen LogP contribution in [-0.4, -0.2) is 19.6 Å². The van der Waals surface area contributed by atoms with Crippen LogP contribution in [0.2, 0.25) is 0 Å². The fourth-order valence-corrected chi connectivity index (χ4v) is 3.27. The molecule has 0 aromatic carbocycles. The topological polar surface area (TPSA) is 66.4 Å². The number of hydrogen-bond donors (Lipinski definition) is 0. The van der Waals surface area contributed by atoms with Crippen LogP contribution in [0.1, 0.15) is 104 Å². The first-order valence-electron chi connectivity index (χ1n) is 10.3. The first-order valence-corrected chi connectivity index (χ1v) is 11.6. The predicted octanol–water partition coefficient (Wildman–Crippen LogP) is 3.14. The molecule has 0 bridgehead atoms. The Kier molecular flexibility index (Phi) is 23.7. The molecule has 0 aliphatic carbocycles. The van der Waals surface area contributed by atoms with E-state index >= 15 is 0 Å². The number of allylic oxidation sites excluding steroid dienone is 1. The van der Waals surface area contributed by atoms with Gasteiger partial charge in [0.25, 0.3) is 0 Å². The molecule has 1 atom stereocenters. The number of hydrogen-bond acceptors (Lipinski definition) is 4. The molecule has 0 aromatic heterocycles. The van der Waals surface area contributed by atoms with Gasteiger partial charge in [-0.25, -0.2) is 8.42 Å². The maximum Gasteiger partial charge on any atom is 1.00 e. The fourth-order valence-electron chi connectivity index (χ4n) is 2.92. The molecule has 6 heteroatoms. The summed E-state index contributed by atoms with van der Waals surface area (Å²) in [6.07, 6.45) is 21.0. The van der Waals surface area contributed by atoms with Crippen molar-refractivity contribution in [1.82, 2.24) is 0 Å². The Hall–Kier alpha value is 1.25. The van der Waals surface area contributed by atoms with Crippen LogP contribution >= 0.6 is 0 Å². The summed E-state index contributed by atoms with van der Waals surface area (Å²) < 4.78 is 36.4. The molecular weight excluding hydrogens is 375 g/mol. The van der Waals surface area contributed by atoms with Crippen molar-refractivity contribution in [3.63, 3.8) is 0 Å². The monoisotopic (exact) mass is 414 g/mol.